The molecule has 0 spiro atoms. The first-order chi connectivity index (χ1) is 7.22. The Bertz CT molecular complexity index is 505. The van der Waals surface area contributed by atoms with Crippen molar-refractivity contribution < 1.29 is 13.7 Å². The van der Waals surface area contributed by atoms with Crippen LogP contribution in [0.1, 0.15) is 16.1 Å². The number of aldehydes is 1. The van der Waals surface area contributed by atoms with Gasteiger partial charge in [0.05, 0.1) is 11.3 Å². The number of carbonyl (C=O) groups is 1. The molecule has 1 heterocycles. The van der Waals surface area contributed by atoms with Gasteiger partial charge in [-0.15, -0.1) is 0 Å². The number of aryl methyl sites for hydroxylation is 1. The lowest BCUT2D eigenvalue weighted by atomic mass is 10.1. The Balaban J connectivity index is 2.65. The van der Waals surface area contributed by atoms with Crippen LogP contribution in [0.2, 0.25) is 0 Å². The zero-order valence-electron chi connectivity index (χ0n) is 8.03. The van der Waals surface area contributed by atoms with E-state index in [1.54, 1.807) is 13.0 Å². The number of rotatable bonds is 2. The van der Waals surface area contributed by atoms with Gasteiger partial charge in [0, 0.05) is 11.6 Å². The highest BCUT2D eigenvalue weighted by Crippen LogP contribution is 2.26. The van der Waals surface area contributed by atoms with Gasteiger partial charge < -0.3 is 4.52 Å². The zero-order chi connectivity index (χ0) is 10.8. The van der Waals surface area contributed by atoms with E-state index in [0.717, 1.165) is 0 Å². The molecular weight excluding hydrogens is 197 g/mol. The number of aromatic nitrogens is 1. The summed E-state index contributed by atoms with van der Waals surface area (Å²) in [4.78, 5) is 10.7. The summed E-state index contributed by atoms with van der Waals surface area (Å²) in [5, 5.41) is 3.65. The summed E-state index contributed by atoms with van der Waals surface area (Å²) in [6.07, 6.45) is 0.594. The van der Waals surface area contributed by atoms with Crippen LogP contribution in [0.15, 0.2) is 28.8 Å². The Morgan fingerprint density at radius 2 is 2.27 bits per heavy atom. The van der Waals surface area contributed by atoms with Crippen LogP contribution in [0, 0.1) is 12.7 Å². The van der Waals surface area contributed by atoms with Crippen LogP contribution in [0.25, 0.3) is 11.3 Å². The summed E-state index contributed by atoms with van der Waals surface area (Å²) in [6, 6.07) is 5.88. The molecule has 2 rings (SSSR count). The smallest absolute Gasteiger partial charge is 0.170 e. The summed E-state index contributed by atoms with van der Waals surface area (Å²) in [5.41, 5.74) is 1.06. The van der Waals surface area contributed by atoms with Crippen molar-refractivity contribution in [3.05, 3.63) is 41.3 Å². The molecule has 1 aromatic heterocycles. The highest BCUT2D eigenvalue weighted by molar-refractivity contribution is 5.86. The molecule has 0 fully saturated rings. The molecule has 0 bridgehead atoms. The number of nitrogens with zero attached hydrogens (tertiary/aromatic N) is 1. The lowest BCUT2D eigenvalue weighted by molar-refractivity contribution is 0.112. The van der Waals surface area contributed by atoms with Crippen LogP contribution >= 0.6 is 0 Å². The molecule has 1 aromatic carbocycles. The number of hydrogen-bond acceptors (Lipinski definition) is 3. The average Bonchev–Trinajstić information content (AvgIpc) is 2.64. The SMILES string of the molecule is Cc1cc(-c2c(F)cccc2C=O)on1. The molecule has 3 nitrogen and oxygen atoms in total. The molecule has 4 heteroatoms. The van der Waals surface area contributed by atoms with Crippen molar-refractivity contribution in [1.82, 2.24) is 5.16 Å². The second-order valence-electron chi connectivity index (χ2n) is 3.15. The number of carbonyl (C=O) groups excluding carboxylic acids is 1. The highest BCUT2D eigenvalue weighted by atomic mass is 19.1. The van der Waals surface area contributed by atoms with E-state index in [2.05, 4.69) is 5.16 Å². The zero-order valence-corrected chi connectivity index (χ0v) is 8.03. The molecule has 0 atom stereocenters. The largest absolute Gasteiger partial charge is 0.356 e. The van der Waals surface area contributed by atoms with Gasteiger partial charge in [0.2, 0.25) is 0 Å². The first-order valence-corrected chi connectivity index (χ1v) is 4.40. The van der Waals surface area contributed by atoms with E-state index in [0.29, 0.717) is 12.0 Å². The molecule has 0 aliphatic carbocycles. The monoisotopic (exact) mass is 205 g/mol. The predicted octanol–water partition coefficient (Wildman–Crippen LogP) is 2.60. The lowest BCUT2D eigenvalue weighted by Gasteiger charge is -2.00. The van der Waals surface area contributed by atoms with Gasteiger partial charge in [-0.3, -0.25) is 4.79 Å². The maximum absolute atomic E-state index is 13.5. The van der Waals surface area contributed by atoms with Crippen molar-refractivity contribution in [2.45, 2.75) is 6.92 Å². The van der Waals surface area contributed by atoms with E-state index in [4.69, 9.17) is 4.52 Å². The molecule has 0 N–H and O–H groups in total. The van der Waals surface area contributed by atoms with Gasteiger partial charge in [0.15, 0.2) is 12.0 Å². The molecule has 15 heavy (non-hydrogen) atoms. The van der Waals surface area contributed by atoms with Crippen LogP contribution in [0.5, 0.6) is 0 Å². The van der Waals surface area contributed by atoms with Crippen LogP contribution in [0.3, 0.4) is 0 Å². The van der Waals surface area contributed by atoms with Crippen LogP contribution in [-0.2, 0) is 0 Å². The third-order valence-electron chi connectivity index (χ3n) is 2.05. The van der Waals surface area contributed by atoms with Crippen LogP contribution < -0.4 is 0 Å². The fourth-order valence-corrected chi connectivity index (χ4v) is 1.38. The Morgan fingerprint density at radius 1 is 1.47 bits per heavy atom. The second-order valence-corrected chi connectivity index (χ2v) is 3.15. The Labute approximate surface area is 85.5 Å². The fourth-order valence-electron chi connectivity index (χ4n) is 1.38. The lowest BCUT2D eigenvalue weighted by Crippen LogP contribution is -1.90. The van der Waals surface area contributed by atoms with E-state index in [9.17, 15) is 9.18 Å². The molecule has 0 unspecified atom stereocenters. The Kier molecular flexibility index (Phi) is 2.33. The standard InChI is InChI=1S/C11H8FNO2/c1-7-5-10(15-13-7)11-8(6-14)3-2-4-9(11)12/h2-6H,1H3. The van der Waals surface area contributed by atoms with Crippen molar-refractivity contribution in [3.63, 3.8) is 0 Å². The van der Waals surface area contributed by atoms with Gasteiger partial charge in [-0.2, -0.15) is 0 Å². The maximum Gasteiger partial charge on any atom is 0.170 e. The molecular formula is C11H8FNO2. The fraction of sp³-hybridized carbons (Fsp3) is 0.0909. The van der Waals surface area contributed by atoms with Gasteiger partial charge in [-0.25, -0.2) is 4.39 Å². The normalized spacial score (nSPS) is 10.3. The average molecular weight is 205 g/mol. The summed E-state index contributed by atoms with van der Waals surface area (Å²) in [5.74, 6) is -0.219. The van der Waals surface area contributed by atoms with Gasteiger partial charge in [-0.1, -0.05) is 17.3 Å². The molecule has 0 radical (unpaired) electrons. The third kappa shape index (κ3) is 1.66. The molecule has 76 valence electrons. The van der Waals surface area contributed by atoms with E-state index in [-0.39, 0.29) is 16.9 Å². The Hall–Kier alpha value is -1.97. The summed E-state index contributed by atoms with van der Waals surface area (Å²) >= 11 is 0. The quantitative estimate of drug-likeness (QED) is 0.708. The topological polar surface area (TPSA) is 43.1 Å². The maximum atomic E-state index is 13.5. The summed E-state index contributed by atoms with van der Waals surface area (Å²) in [7, 11) is 0. The molecule has 0 aliphatic rings. The minimum Gasteiger partial charge on any atom is -0.356 e. The van der Waals surface area contributed by atoms with E-state index >= 15 is 0 Å². The van der Waals surface area contributed by atoms with E-state index in [1.165, 1.54) is 18.2 Å². The van der Waals surface area contributed by atoms with Crippen LogP contribution in [-0.4, -0.2) is 11.4 Å². The molecule has 0 aliphatic heterocycles. The van der Waals surface area contributed by atoms with Crippen molar-refractivity contribution in [3.8, 4) is 11.3 Å². The molecule has 2 aromatic rings. The van der Waals surface area contributed by atoms with Gasteiger partial charge in [0.25, 0.3) is 0 Å². The molecule has 0 amide bonds. The van der Waals surface area contributed by atoms with Crippen molar-refractivity contribution in [1.29, 1.82) is 0 Å². The van der Waals surface area contributed by atoms with Gasteiger partial charge >= 0.3 is 0 Å². The second kappa shape index (κ2) is 3.65. The molecule has 0 saturated heterocycles. The number of hydrogen-bond donors (Lipinski definition) is 0. The van der Waals surface area contributed by atoms with Gasteiger partial charge in [-0.05, 0) is 13.0 Å². The van der Waals surface area contributed by atoms with E-state index in [1.807, 2.05) is 0 Å². The number of halogens is 1. The minimum absolute atomic E-state index is 0.160. The summed E-state index contributed by atoms with van der Waals surface area (Å²) < 4.78 is 18.4. The minimum atomic E-state index is -0.490. The Morgan fingerprint density at radius 3 is 2.87 bits per heavy atom. The number of benzene rings is 1. The first-order valence-electron chi connectivity index (χ1n) is 4.40. The summed E-state index contributed by atoms with van der Waals surface area (Å²) in [6.45, 7) is 1.73. The van der Waals surface area contributed by atoms with E-state index < -0.39 is 5.82 Å². The first kappa shape index (κ1) is 9.58. The van der Waals surface area contributed by atoms with Crippen LogP contribution in [0.4, 0.5) is 4.39 Å². The van der Waals surface area contributed by atoms with Crippen molar-refractivity contribution in [2.24, 2.45) is 0 Å². The third-order valence-corrected chi connectivity index (χ3v) is 2.05. The van der Waals surface area contributed by atoms with Crippen molar-refractivity contribution in [2.75, 3.05) is 0 Å². The highest BCUT2D eigenvalue weighted by Gasteiger charge is 2.14. The van der Waals surface area contributed by atoms with Crippen molar-refractivity contribution >= 4 is 6.29 Å². The molecule has 0 saturated carbocycles. The van der Waals surface area contributed by atoms with Gasteiger partial charge in [0.1, 0.15) is 5.82 Å². The predicted molar refractivity (Wildman–Crippen MR) is 52.0 cm³/mol.